The van der Waals surface area contributed by atoms with Crippen molar-refractivity contribution in [2.75, 3.05) is 25.7 Å². The molecule has 0 amide bonds. The Morgan fingerprint density at radius 3 is 3.00 bits per heavy atom. The van der Waals surface area contributed by atoms with E-state index < -0.39 is 0 Å². The minimum absolute atomic E-state index is 0.284. The number of methoxy groups -OCH3 is 1. The van der Waals surface area contributed by atoms with Crippen LogP contribution in [0.1, 0.15) is 17.7 Å². The molecule has 1 aromatic carbocycles. The zero-order valence-electron chi connectivity index (χ0n) is 13.6. The highest BCUT2D eigenvalue weighted by Crippen LogP contribution is 2.21. The van der Waals surface area contributed by atoms with Gasteiger partial charge in [-0.3, -0.25) is 0 Å². The van der Waals surface area contributed by atoms with E-state index in [-0.39, 0.29) is 6.04 Å². The van der Waals surface area contributed by atoms with E-state index in [0.29, 0.717) is 6.61 Å². The van der Waals surface area contributed by atoms with E-state index in [2.05, 4.69) is 29.2 Å². The lowest BCUT2D eigenvalue weighted by Gasteiger charge is -2.12. The Kier molecular flexibility index (Phi) is 5.28. The molecule has 4 nitrogen and oxygen atoms in total. The fraction of sp³-hybridized carbons (Fsp3) is 0.389. The molecule has 0 saturated heterocycles. The van der Waals surface area contributed by atoms with Crippen LogP contribution in [0.15, 0.2) is 47.6 Å². The summed E-state index contributed by atoms with van der Waals surface area (Å²) in [5.41, 5.74) is 2.17. The van der Waals surface area contributed by atoms with Crippen LogP contribution >= 0.6 is 11.8 Å². The van der Waals surface area contributed by atoms with E-state index in [9.17, 15) is 0 Å². The largest absolute Gasteiger partial charge is 0.496 e. The summed E-state index contributed by atoms with van der Waals surface area (Å²) >= 11 is 1.85. The summed E-state index contributed by atoms with van der Waals surface area (Å²) in [6.45, 7) is 1.43. The minimum atomic E-state index is 0.284. The summed E-state index contributed by atoms with van der Waals surface area (Å²) in [5.74, 6) is 2.78. The first-order valence-corrected chi connectivity index (χ1v) is 9.18. The first kappa shape index (κ1) is 16.0. The third-order valence-corrected chi connectivity index (χ3v) is 4.59. The Balaban J connectivity index is 1.78. The average Bonchev–Trinajstić information content (AvgIpc) is 3.22. The molecule has 0 aliphatic carbocycles. The van der Waals surface area contributed by atoms with E-state index in [4.69, 9.17) is 14.5 Å². The summed E-state index contributed by atoms with van der Waals surface area (Å²) in [6.07, 6.45) is 5.25. The number of rotatable bonds is 7. The molecule has 1 atom stereocenters. The van der Waals surface area contributed by atoms with Crippen molar-refractivity contribution >= 4 is 17.7 Å². The lowest BCUT2D eigenvalue weighted by atomic mass is 10.2. The highest BCUT2D eigenvalue weighted by atomic mass is 32.2. The first-order chi connectivity index (χ1) is 11.3. The molecule has 1 aromatic heterocycles. The topological polar surface area (TPSA) is 35.8 Å². The van der Waals surface area contributed by atoms with Gasteiger partial charge in [-0.2, -0.15) is 11.8 Å². The second-order valence-electron chi connectivity index (χ2n) is 5.51. The monoisotopic (exact) mass is 330 g/mol. The van der Waals surface area contributed by atoms with Gasteiger partial charge in [-0.05, 0) is 36.6 Å². The van der Waals surface area contributed by atoms with Gasteiger partial charge < -0.3 is 14.0 Å². The summed E-state index contributed by atoms with van der Waals surface area (Å²) in [7, 11) is 1.70. The third-order valence-electron chi connectivity index (χ3n) is 3.95. The van der Waals surface area contributed by atoms with Crippen molar-refractivity contribution in [3.63, 3.8) is 0 Å². The lowest BCUT2D eigenvalue weighted by molar-refractivity contribution is 0.314. The number of nitrogens with zero attached hydrogens (tertiary/aromatic N) is 2. The molecule has 3 rings (SSSR count). The molecule has 0 bridgehead atoms. The van der Waals surface area contributed by atoms with Crippen LogP contribution in [-0.2, 0) is 11.3 Å². The van der Waals surface area contributed by atoms with Gasteiger partial charge in [0.25, 0.3) is 0 Å². The number of benzene rings is 1. The van der Waals surface area contributed by atoms with Gasteiger partial charge in [0.1, 0.15) is 18.1 Å². The van der Waals surface area contributed by atoms with Crippen LogP contribution in [0.5, 0.6) is 5.75 Å². The van der Waals surface area contributed by atoms with E-state index in [1.54, 1.807) is 7.11 Å². The van der Waals surface area contributed by atoms with Crippen LogP contribution in [0.4, 0.5) is 0 Å². The second kappa shape index (κ2) is 7.59. The van der Waals surface area contributed by atoms with Gasteiger partial charge in [0.2, 0.25) is 5.90 Å². The molecule has 2 heterocycles. The number of aliphatic imine (C=N–C) groups is 1. The van der Waals surface area contributed by atoms with Crippen LogP contribution in [0.3, 0.4) is 0 Å². The molecule has 0 fully saturated rings. The molecular formula is C18H22N2O2S. The zero-order valence-corrected chi connectivity index (χ0v) is 14.4. The zero-order chi connectivity index (χ0) is 16.1. The third kappa shape index (κ3) is 3.72. The quantitative estimate of drug-likeness (QED) is 0.780. The smallest absolute Gasteiger partial charge is 0.233 e. The van der Waals surface area contributed by atoms with Gasteiger partial charge in [-0.1, -0.05) is 18.2 Å². The standard InChI is InChI=1S/C18H22N2O2S/c1-21-17-8-4-3-6-14(17)12-20-10-5-7-16(20)18-19-15(13-22-18)9-11-23-2/h3-8,10,15H,9,11-13H2,1-2H3/t15-/m0/s1. The van der Waals surface area contributed by atoms with Gasteiger partial charge >= 0.3 is 0 Å². The predicted octanol–water partition coefficient (Wildman–Crippen LogP) is 3.44. The van der Waals surface area contributed by atoms with Crippen molar-refractivity contribution in [3.8, 4) is 5.75 Å². The summed E-state index contributed by atoms with van der Waals surface area (Å²) in [4.78, 5) is 4.74. The molecule has 0 saturated carbocycles. The number of ether oxygens (including phenoxy) is 2. The van der Waals surface area contributed by atoms with E-state index in [0.717, 1.165) is 41.6 Å². The number of aromatic nitrogens is 1. The van der Waals surface area contributed by atoms with Crippen molar-refractivity contribution in [1.82, 2.24) is 4.57 Å². The maximum atomic E-state index is 5.83. The number of hydrogen-bond donors (Lipinski definition) is 0. The van der Waals surface area contributed by atoms with Crippen molar-refractivity contribution in [2.24, 2.45) is 4.99 Å². The van der Waals surface area contributed by atoms with Crippen molar-refractivity contribution in [2.45, 2.75) is 19.0 Å². The summed E-state index contributed by atoms with van der Waals surface area (Å²) in [6, 6.07) is 12.5. The molecule has 0 unspecified atom stereocenters. The molecule has 5 heteroatoms. The Hall–Kier alpha value is -1.88. The lowest BCUT2D eigenvalue weighted by Crippen LogP contribution is -2.11. The van der Waals surface area contributed by atoms with Crippen molar-refractivity contribution < 1.29 is 9.47 Å². The van der Waals surface area contributed by atoms with Gasteiger partial charge in [-0.25, -0.2) is 4.99 Å². The van der Waals surface area contributed by atoms with Crippen molar-refractivity contribution in [3.05, 3.63) is 53.9 Å². The predicted molar refractivity (Wildman–Crippen MR) is 95.8 cm³/mol. The highest BCUT2D eigenvalue weighted by molar-refractivity contribution is 7.98. The summed E-state index contributed by atoms with van der Waals surface area (Å²) < 4.78 is 13.4. The van der Waals surface area contributed by atoms with Gasteiger partial charge in [0.15, 0.2) is 0 Å². The molecule has 122 valence electrons. The Morgan fingerprint density at radius 2 is 2.17 bits per heavy atom. The minimum Gasteiger partial charge on any atom is -0.496 e. The molecule has 1 aliphatic rings. The van der Waals surface area contributed by atoms with Gasteiger partial charge in [0.05, 0.1) is 19.7 Å². The van der Waals surface area contributed by atoms with Gasteiger partial charge in [-0.15, -0.1) is 0 Å². The maximum Gasteiger partial charge on any atom is 0.233 e. The molecular weight excluding hydrogens is 308 g/mol. The SMILES string of the molecule is COc1ccccc1Cn1cccc1C1=N[C@@H](CCSC)CO1. The normalized spacial score (nSPS) is 17.0. The molecule has 0 N–H and O–H groups in total. The van der Waals surface area contributed by atoms with E-state index >= 15 is 0 Å². The Morgan fingerprint density at radius 1 is 1.30 bits per heavy atom. The molecule has 23 heavy (non-hydrogen) atoms. The van der Waals surface area contributed by atoms with Crippen molar-refractivity contribution in [1.29, 1.82) is 0 Å². The van der Waals surface area contributed by atoms with Crippen LogP contribution in [0.25, 0.3) is 0 Å². The van der Waals surface area contributed by atoms with E-state index in [1.807, 2.05) is 36.0 Å². The number of thioether (sulfide) groups is 1. The fourth-order valence-electron chi connectivity index (χ4n) is 2.72. The summed E-state index contributed by atoms with van der Waals surface area (Å²) in [5, 5.41) is 0. The fourth-order valence-corrected chi connectivity index (χ4v) is 3.23. The Labute approximate surface area is 141 Å². The average molecular weight is 330 g/mol. The molecule has 1 aliphatic heterocycles. The second-order valence-corrected chi connectivity index (χ2v) is 6.50. The molecule has 0 radical (unpaired) electrons. The highest BCUT2D eigenvalue weighted by Gasteiger charge is 2.22. The van der Waals surface area contributed by atoms with Crippen LogP contribution < -0.4 is 4.74 Å². The molecule has 0 spiro atoms. The number of para-hydroxylation sites is 1. The number of hydrogen-bond acceptors (Lipinski definition) is 4. The van der Waals surface area contributed by atoms with Crippen LogP contribution in [0, 0.1) is 0 Å². The Bertz CT molecular complexity index is 681. The van der Waals surface area contributed by atoms with Crippen LogP contribution in [0.2, 0.25) is 0 Å². The van der Waals surface area contributed by atoms with Crippen LogP contribution in [-0.4, -0.2) is 42.2 Å². The van der Waals surface area contributed by atoms with Gasteiger partial charge in [0, 0.05) is 11.8 Å². The first-order valence-electron chi connectivity index (χ1n) is 7.78. The van der Waals surface area contributed by atoms with E-state index in [1.165, 1.54) is 0 Å². The maximum absolute atomic E-state index is 5.83. The molecule has 2 aromatic rings.